The Morgan fingerprint density at radius 3 is 2.23 bits per heavy atom. The molecule has 172 valence electrons. The first kappa shape index (κ1) is 22.3. The van der Waals surface area contributed by atoms with E-state index in [4.69, 9.17) is 5.10 Å². The third-order valence-corrected chi connectivity index (χ3v) is 6.05. The van der Waals surface area contributed by atoms with Crippen molar-refractivity contribution in [2.45, 2.75) is 19.4 Å². The molecule has 1 aliphatic rings. The molecule has 0 aliphatic carbocycles. The average molecular weight is 459 g/mol. The standard InChI is InChI=1S/C30H26N4O/c1-22-12-16-26(17-13-22)30(35)32-31-21-23-14-18-27(19-15-23)34-29(25-10-6-3-7-11-25)20-28(33-34)24-8-4-2-5-9-24/h2-19,21,29H,20H2,1H3,(H,32,35). The van der Waals surface area contributed by atoms with Crippen molar-refractivity contribution in [3.8, 4) is 0 Å². The van der Waals surface area contributed by atoms with Crippen molar-refractivity contribution in [3.05, 3.63) is 137 Å². The van der Waals surface area contributed by atoms with E-state index in [2.05, 4.69) is 51.9 Å². The molecule has 0 bridgehead atoms. The number of nitrogens with one attached hydrogen (secondary N) is 1. The van der Waals surface area contributed by atoms with Crippen molar-refractivity contribution >= 4 is 23.5 Å². The largest absolute Gasteiger partial charge is 0.271 e. The van der Waals surface area contributed by atoms with Crippen LogP contribution in [0.4, 0.5) is 5.69 Å². The summed E-state index contributed by atoms with van der Waals surface area (Å²) in [5, 5.41) is 11.2. The van der Waals surface area contributed by atoms with Gasteiger partial charge in [-0.15, -0.1) is 0 Å². The highest BCUT2D eigenvalue weighted by Gasteiger charge is 2.29. The molecular weight excluding hydrogens is 432 g/mol. The van der Waals surface area contributed by atoms with Crippen LogP contribution in [-0.2, 0) is 0 Å². The number of anilines is 1. The van der Waals surface area contributed by atoms with E-state index >= 15 is 0 Å². The molecule has 1 unspecified atom stereocenters. The first-order valence-corrected chi connectivity index (χ1v) is 11.6. The molecule has 0 saturated carbocycles. The Labute approximate surface area is 205 Å². The third-order valence-electron chi connectivity index (χ3n) is 6.05. The van der Waals surface area contributed by atoms with Gasteiger partial charge in [0.05, 0.1) is 23.7 Å². The molecular formula is C30H26N4O. The lowest BCUT2D eigenvalue weighted by molar-refractivity contribution is 0.0955. The fraction of sp³-hybridized carbons (Fsp3) is 0.100. The summed E-state index contributed by atoms with van der Waals surface area (Å²) in [6.07, 6.45) is 2.48. The van der Waals surface area contributed by atoms with E-state index in [9.17, 15) is 4.79 Å². The number of benzene rings is 4. The summed E-state index contributed by atoms with van der Waals surface area (Å²) in [5.41, 5.74) is 9.62. The number of carbonyl (C=O) groups excluding carboxylic acids is 1. The summed E-state index contributed by atoms with van der Waals surface area (Å²) < 4.78 is 0. The van der Waals surface area contributed by atoms with Gasteiger partial charge in [0.15, 0.2) is 0 Å². The van der Waals surface area contributed by atoms with Gasteiger partial charge >= 0.3 is 0 Å². The first-order valence-electron chi connectivity index (χ1n) is 11.6. The topological polar surface area (TPSA) is 57.1 Å². The number of amides is 1. The molecule has 1 N–H and O–H groups in total. The van der Waals surface area contributed by atoms with Crippen LogP contribution < -0.4 is 10.4 Å². The SMILES string of the molecule is Cc1ccc(C(=O)NN=Cc2ccc(N3N=C(c4ccccc4)CC3c3ccccc3)cc2)cc1. The number of nitrogens with zero attached hydrogens (tertiary/aromatic N) is 3. The second-order valence-electron chi connectivity index (χ2n) is 8.54. The Balaban J connectivity index is 1.33. The molecule has 35 heavy (non-hydrogen) atoms. The molecule has 0 aromatic heterocycles. The Morgan fingerprint density at radius 1 is 0.886 bits per heavy atom. The zero-order valence-corrected chi connectivity index (χ0v) is 19.5. The Bertz CT molecular complexity index is 1350. The van der Waals surface area contributed by atoms with Crippen LogP contribution in [0.25, 0.3) is 0 Å². The van der Waals surface area contributed by atoms with Gasteiger partial charge in [0.2, 0.25) is 0 Å². The zero-order chi connectivity index (χ0) is 24.0. The number of hydrogen-bond acceptors (Lipinski definition) is 4. The van der Waals surface area contributed by atoms with Gasteiger partial charge in [-0.3, -0.25) is 9.80 Å². The lowest BCUT2D eigenvalue weighted by Crippen LogP contribution is -2.18. The maximum Gasteiger partial charge on any atom is 0.271 e. The number of rotatable bonds is 6. The van der Waals surface area contributed by atoms with E-state index in [1.807, 2.05) is 67.6 Å². The van der Waals surface area contributed by atoms with E-state index in [-0.39, 0.29) is 11.9 Å². The molecule has 1 atom stereocenters. The molecule has 0 spiro atoms. The molecule has 0 radical (unpaired) electrons. The molecule has 5 rings (SSSR count). The maximum atomic E-state index is 12.2. The molecule has 5 nitrogen and oxygen atoms in total. The number of hydrazone groups is 2. The minimum Gasteiger partial charge on any atom is -0.267 e. The highest BCUT2D eigenvalue weighted by Crippen LogP contribution is 2.36. The quantitative estimate of drug-likeness (QED) is 0.280. The Hall–Kier alpha value is -4.51. The smallest absolute Gasteiger partial charge is 0.267 e. The molecule has 4 aromatic carbocycles. The fourth-order valence-corrected chi connectivity index (χ4v) is 4.14. The average Bonchev–Trinajstić information content (AvgIpc) is 3.36. The number of aryl methyl sites for hydroxylation is 1. The molecule has 4 aromatic rings. The minimum atomic E-state index is -0.233. The number of hydrogen-bond donors (Lipinski definition) is 1. The van der Waals surface area contributed by atoms with E-state index in [0.29, 0.717) is 5.56 Å². The van der Waals surface area contributed by atoms with Crippen LogP contribution >= 0.6 is 0 Å². The van der Waals surface area contributed by atoms with Crippen LogP contribution in [0.2, 0.25) is 0 Å². The van der Waals surface area contributed by atoms with E-state index in [1.165, 1.54) is 5.56 Å². The van der Waals surface area contributed by atoms with Gasteiger partial charge in [-0.05, 0) is 47.9 Å². The second-order valence-corrected chi connectivity index (χ2v) is 8.54. The van der Waals surface area contributed by atoms with Crippen molar-refractivity contribution in [3.63, 3.8) is 0 Å². The van der Waals surface area contributed by atoms with Crippen molar-refractivity contribution in [1.82, 2.24) is 5.43 Å². The van der Waals surface area contributed by atoms with E-state index in [0.717, 1.165) is 34.5 Å². The summed E-state index contributed by atoms with van der Waals surface area (Å²) >= 11 is 0. The molecule has 5 heteroatoms. The van der Waals surface area contributed by atoms with Gasteiger partial charge in [-0.2, -0.15) is 10.2 Å². The highest BCUT2D eigenvalue weighted by molar-refractivity contribution is 6.03. The van der Waals surface area contributed by atoms with Crippen LogP contribution in [0.15, 0.2) is 119 Å². The minimum absolute atomic E-state index is 0.125. The molecule has 1 aliphatic heterocycles. The Kier molecular flexibility index (Phi) is 6.48. The van der Waals surface area contributed by atoms with Crippen molar-refractivity contribution in [2.75, 3.05) is 5.01 Å². The lowest BCUT2D eigenvalue weighted by Gasteiger charge is -2.24. The van der Waals surface area contributed by atoms with E-state index < -0.39 is 0 Å². The van der Waals surface area contributed by atoms with Crippen LogP contribution in [0, 0.1) is 6.92 Å². The van der Waals surface area contributed by atoms with Gasteiger partial charge in [0, 0.05) is 12.0 Å². The van der Waals surface area contributed by atoms with Crippen molar-refractivity contribution < 1.29 is 4.79 Å². The van der Waals surface area contributed by atoms with Crippen LogP contribution in [0.5, 0.6) is 0 Å². The second kappa shape index (κ2) is 10.2. The maximum absolute atomic E-state index is 12.2. The molecule has 0 fully saturated rings. The Morgan fingerprint density at radius 2 is 1.54 bits per heavy atom. The molecule has 1 heterocycles. The normalized spacial score (nSPS) is 15.3. The third kappa shape index (κ3) is 5.20. The van der Waals surface area contributed by atoms with Gasteiger partial charge in [0.25, 0.3) is 5.91 Å². The zero-order valence-electron chi connectivity index (χ0n) is 19.5. The fourth-order valence-electron chi connectivity index (χ4n) is 4.14. The first-order chi connectivity index (χ1) is 17.2. The summed E-state index contributed by atoms with van der Waals surface area (Å²) in [7, 11) is 0. The van der Waals surface area contributed by atoms with Gasteiger partial charge in [-0.25, -0.2) is 5.43 Å². The predicted octanol–water partition coefficient (Wildman–Crippen LogP) is 6.11. The van der Waals surface area contributed by atoms with Crippen LogP contribution in [0.1, 0.15) is 45.1 Å². The van der Waals surface area contributed by atoms with Gasteiger partial charge in [-0.1, -0.05) is 90.5 Å². The van der Waals surface area contributed by atoms with E-state index in [1.54, 1.807) is 18.3 Å². The summed E-state index contributed by atoms with van der Waals surface area (Å²) in [5.74, 6) is -0.233. The summed E-state index contributed by atoms with van der Waals surface area (Å²) in [6.45, 7) is 1.99. The highest BCUT2D eigenvalue weighted by atomic mass is 16.2. The summed E-state index contributed by atoms with van der Waals surface area (Å²) in [4.78, 5) is 12.2. The van der Waals surface area contributed by atoms with Gasteiger partial charge in [0.1, 0.15) is 0 Å². The summed E-state index contributed by atoms with van der Waals surface area (Å²) in [6, 6.07) is 36.4. The van der Waals surface area contributed by atoms with Crippen molar-refractivity contribution in [1.29, 1.82) is 0 Å². The van der Waals surface area contributed by atoms with Crippen LogP contribution in [-0.4, -0.2) is 17.8 Å². The van der Waals surface area contributed by atoms with Crippen LogP contribution in [0.3, 0.4) is 0 Å². The number of carbonyl (C=O) groups is 1. The predicted molar refractivity (Wildman–Crippen MR) is 142 cm³/mol. The van der Waals surface area contributed by atoms with Crippen molar-refractivity contribution in [2.24, 2.45) is 10.2 Å². The lowest BCUT2D eigenvalue weighted by atomic mass is 9.98. The van der Waals surface area contributed by atoms with Gasteiger partial charge < -0.3 is 0 Å². The monoisotopic (exact) mass is 458 g/mol. The molecule has 0 saturated heterocycles. The molecule has 1 amide bonds.